The van der Waals surface area contributed by atoms with E-state index in [1.54, 1.807) is 19.1 Å². The number of aromatic hydroxyl groups is 1. The van der Waals surface area contributed by atoms with Crippen LogP contribution in [0.2, 0.25) is 0 Å². The van der Waals surface area contributed by atoms with Gasteiger partial charge >= 0.3 is 5.97 Å². The number of aliphatic hydroxyl groups excluding tert-OH is 2. The predicted octanol–water partition coefficient (Wildman–Crippen LogP) is 7.60. The Morgan fingerprint density at radius 1 is 0.647 bits per heavy atom. The van der Waals surface area contributed by atoms with Gasteiger partial charge in [0.2, 0.25) is 0 Å². The summed E-state index contributed by atoms with van der Waals surface area (Å²) >= 11 is 0. The van der Waals surface area contributed by atoms with Gasteiger partial charge in [-0.2, -0.15) is 0 Å². The molecule has 0 saturated carbocycles. The van der Waals surface area contributed by atoms with Gasteiger partial charge in [0.1, 0.15) is 18.1 Å². The SMILES string of the molecule is CCC(CO)(CO)COC(=O)C(C)Oc1ccc(-c2nc(-c3ccc(-c4ccccc4)cc3)nc(-c3ccc(-c4ccccc4)cc3)n2)c(O)c1. The topological polar surface area (TPSA) is 135 Å². The Hall–Kier alpha value is -5.90. The molecule has 6 rings (SSSR count). The number of aromatic nitrogens is 3. The second-order valence-corrected chi connectivity index (χ2v) is 12.4. The number of carbonyl (C=O) groups is 1. The molecule has 9 heteroatoms. The Kier molecular flexibility index (Phi) is 10.8. The largest absolute Gasteiger partial charge is 0.507 e. The van der Waals surface area contributed by atoms with Crippen molar-refractivity contribution in [1.82, 2.24) is 15.0 Å². The first-order valence-corrected chi connectivity index (χ1v) is 16.8. The van der Waals surface area contributed by atoms with Crippen LogP contribution in [0.4, 0.5) is 0 Å². The van der Waals surface area contributed by atoms with E-state index in [0.717, 1.165) is 33.4 Å². The third-order valence-electron chi connectivity index (χ3n) is 8.93. The van der Waals surface area contributed by atoms with Crippen LogP contribution in [0.5, 0.6) is 11.5 Å². The fourth-order valence-corrected chi connectivity index (χ4v) is 5.47. The van der Waals surface area contributed by atoms with Gasteiger partial charge in [0.25, 0.3) is 0 Å². The minimum Gasteiger partial charge on any atom is -0.507 e. The van der Waals surface area contributed by atoms with E-state index >= 15 is 0 Å². The molecule has 0 aliphatic rings. The van der Waals surface area contributed by atoms with Crippen molar-refractivity contribution in [2.75, 3.05) is 19.8 Å². The van der Waals surface area contributed by atoms with Gasteiger partial charge < -0.3 is 24.8 Å². The van der Waals surface area contributed by atoms with E-state index in [1.165, 1.54) is 13.0 Å². The minimum atomic E-state index is -1.02. The van der Waals surface area contributed by atoms with Crippen LogP contribution >= 0.6 is 0 Å². The lowest BCUT2D eigenvalue weighted by Gasteiger charge is -2.28. The summed E-state index contributed by atoms with van der Waals surface area (Å²) in [6.45, 7) is 2.52. The molecule has 51 heavy (non-hydrogen) atoms. The van der Waals surface area contributed by atoms with Gasteiger partial charge in [0.05, 0.1) is 24.2 Å². The molecule has 3 N–H and O–H groups in total. The maximum absolute atomic E-state index is 12.7. The molecule has 0 spiro atoms. The molecule has 0 bridgehead atoms. The Labute approximate surface area is 296 Å². The number of benzene rings is 5. The van der Waals surface area contributed by atoms with Crippen molar-refractivity contribution >= 4 is 5.97 Å². The first kappa shape index (κ1) is 34.9. The van der Waals surface area contributed by atoms with Gasteiger partial charge in [-0.05, 0) is 47.7 Å². The molecular weight excluding hydrogens is 642 g/mol. The quantitative estimate of drug-likeness (QED) is 0.105. The molecular formula is C42H39N3O6. The zero-order valence-electron chi connectivity index (χ0n) is 28.4. The molecule has 0 radical (unpaired) electrons. The highest BCUT2D eigenvalue weighted by Crippen LogP contribution is 2.34. The number of phenolic OH excluding ortho intramolecular Hbond substituents is 1. The number of rotatable bonds is 13. The van der Waals surface area contributed by atoms with Crippen molar-refractivity contribution in [2.24, 2.45) is 5.41 Å². The fraction of sp³-hybridized carbons (Fsp3) is 0.190. The monoisotopic (exact) mass is 681 g/mol. The summed E-state index contributed by atoms with van der Waals surface area (Å²) in [4.78, 5) is 27.1. The maximum atomic E-state index is 12.7. The van der Waals surface area contributed by atoms with Crippen molar-refractivity contribution < 1.29 is 29.6 Å². The third-order valence-corrected chi connectivity index (χ3v) is 8.93. The van der Waals surface area contributed by atoms with E-state index in [1.807, 2.05) is 84.9 Å². The highest BCUT2D eigenvalue weighted by Gasteiger charge is 2.30. The standard InChI is InChI=1S/C42H39N3O6/c1-3-42(25-46,26-47)27-50-41(49)28(2)51-35-22-23-36(37(48)24-35)40-44-38(33-18-14-31(15-19-33)29-10-6-4-7-11-29)43-39(45-40)34-20-16-32(17-21-34)30-12-8-5-9-13-30/h4-24,28,46-48H,3,25-27H2,1-2H3. The van der Waals surface area contributed by atoms with Gasteiger partial charge in [-0.25, -0.2) is 19.7 Å². The molecule has 0 fully saturated rings. The van der Waals surface area contributed by atoms with Gasteiger partial charge in [-0.3, -0.25) is 0 Å². The molecule has 1 atom stereocenters. The smallest absolute Gasteiger partial charge is 0.347 e. The molecule has 1 heterocycles. The van der Waals surface area contributed by atoms with Crippen molar-refractivity contribution in [1.29, 1.82) is 0 Å². The molecule has 0 aliphatic heterocycles. The third kappa shape index (κ3) is 8.12. The van der Waals surface area contributed by atoms with E-state index in [4.69, 9.17) is 24.4 Å². The normalized spacial score (nSPS) is 11.9. The summed E-state index contributed by atoms with van der Waals surface area (Å²) in [5.74, 6) is 0.546. The number of hydrogen-bond acceptors (Lipinski definition) is 9. The predicted molar refractivity (Wildman–Crippen MR) is 197 cm³/mol. The van der Waals surface area contributed by atoms with Gasteiger partial charge in [0, 0.05) is 17.2 Å². The van der Waals surface area contributed by atoms with E-state index in [2.05, 4.69) is 24.3 Å². The Morgan fingerprint density at radius 3 is 1.55 bits per heavy atom. The van der Waals surface area contributed by atoms with E-state index in [-0.39, 0.29) is 37.1 Å². The first-order valence-electron chi connectivity index (χ1n) is 16.8. The highest BCUT2D eigenvalue weighted by atomic mass is 16.6. The Bertz CT molecular complexity index is 1960. The number of esters is 1. The van der Waals surface area contributed by atoms with E-state index < -0.39 is 17.5 Å². The van der Waals surface area contributed by atoms with Crippen LogP contribution in [-0.4, -0.2) is 62.2 Å². The van der Waals surface area contributed by atoms with Crippen LogP contribution in [0, 0.1) is 5.41 Å². The van der Waals surface area contributed by atoms with Crippen molar-refractivity contribution in [3.05, 3.63) is 127 Å². The van der Waals surface area contributed by atoms with Crippen molar-refractivity contribution in [3.63, 3.8) is 0 Å². The van der Waals surface area contributed by atoms with Crippen molar-refractivity contribution in [3.8, 4) is 67.9 Å². The summed E-state index contributed by atoms with van der Waals surface area (Å²) in [5.41, 5.74) is 5.29. The number of aliphatic hydroxyl groups is 2. The first-order chi connectivity index (χ1) is 24.8. The number of hydrogen-bond donors (Lipinski definition) is 3. The summed E-state index contributed by atoms with van der Waals surface area (Å²) in [7, 11) is 0. The molecule has 1 unspecified atom stereocenters. The number of nitrogens with zero attached hydrogens (tertiary/aromatic N) is 3. The summed E-state index contributed by atoms with van der Waals surface area (Å²) in [6.07, 6.45) is -0.591. The molecule has 0 aliphatic carbocycles. The van der Waals surface area contributed by atoms with Crippen LogP contribution in [-0.2, 0) is 9.53 Å². The van der Waals surface area contributed by atoms with Crippen LogP contribution in [0.15, 0.2) is 127 Å². The van der Waals surface area contributed by atoms with Crippen LogP contribution in [0.25, 0.3) is 56.4 Å². The van der Waals surface area contributed by atoms with Crippen LogP contribution in [0.3, 0.4) is 0 Å². The highest BCUT2D eigenvalue weighted by molar-refractivity contribution is 5.76. The molecule has 0 saturated heterocycles. The second kappa shape index (κ2) is 15.8. The molecule has 258 valence electrons. The minimum absolute atomic E-state index is 0.152. The zero-order chi connectivity index (χ0) is 35.8. The van der Waals surface area contributed by atoms with Crippen LogP contribution < -0.4 is 4.74 Å². The average molecular weight is 682 g/mol. The lowest BCUT2D eigenvalue weighted by Crippen LogP contribution is -2.37. The van der Waals surface area contributed by atoms with E-state index in [9.17, 15) is 20.1 Å². The Morgan fingerprint density at radius 2 is 1.10 bits per heavy atom. The molecule has 6 aromatic rings. The summed E-state index contributed by atoms with van der Waals surface area (Å²) in [6, 6.07) is 40.8. The molecule has 0 amide bonds. The number of carbonyl (C=O) groups excluding carboxylic acids is 1. The number of phenols is 1. The maximum Gasteiger partial charge on any atom is 0.347 e. The fourth-order valence-electron chi connectivity index (χ4n) is 5.47. The molecule has 1 aromatic heterocycles. The summed E-state index contributed by atoms with van der Waals surface area (Å²) in [5, 5.41) is 30.5. The average Bonchev–Trinajstić information content (AvgIpc) is 3.19. The zero-order valence-corrected chi connectivity index (χ0v) is 28.4. The lowest BCUT2D eigenvalue weighted by atomic mass is 9.88. The summed E-state index contributed by atoms with van der Waals surface area (Å²) < 4.78 is 11.1. The van der Waals surface area contributed by atoms with Crippen LogP contribution in [0.1, 0.15) is 20.3 Å². The second-order valence-electron chi connectivity index (χ2n) is 12.4. The van der Waals surface area contributed by atoms with Gasteiger partial charge in [0.15, 0.2) is 23.6 Å². The number of ether oxygens (including phenoxy) is 2. The van der Waals surface area contributed by atoms with Gasteiger partial charge in [-0.15, -0.1) is 0 Å². The lowest BCUT2D eigenvalue weighted by molar-refractivity contribution is -0.157. The molecule has 5 aromatic carbocycles. The molecule has 9 nitrogen and oxygen atoms in total. The Balaban J connectivity index is 1.30. The van der Waals surface area contributed by atoms with Crippen molar-refractivity contribution in [2.45, 2.75) is 26.4 Å². The van der Waals surface area contributed by atoms with Gasteiger partial charge in [-0.1, -0.05) is 116 Å². The van der Waals surface area contributed by atoms with E-state index in [0.29, 0.717) is 23.6 Å².